The number of benzene rings is 4. The molecule has 0 spiro atoms. The smallest absolute Gasteiger partial charge is 0.423 e. The molecule has 0 unspecified atom stereocenters. The van der Waals surface area contributed by atoms with Crippen molar-refractivity contribution in [2.24, 2.45) is 0 Å². The second kappa shape index (κ2) is 7.99. The summed E-state index contributed by atoms with van der Waals surface area (Å²) in [6.07, 6.45) is 0. The van der Waals surface area contributed by atoms with Crippen LogP contribution in [0.1, 0.15) is 20.6 Å². The molecule has 4 heteroatoms. The molecule has 28 heavy (non-hydrogen) atoms. The van der Waals surface area contributed by atoms with Crippen molar-refractivity contribution in [2.75, 3.05) is 0 Å². The van der Waals surface area contributed by atoms with Crippen LogP contribution >= 0.6 is 0 Å². The van der Waals surface area contributed by atoms with E-state index in [1.54, 1.807) is 0 Å². The van der Waals surface area contributed by atoms with Crippen molar-refractivity contribution in [3.8, 4) is 0 Å². The Kier molecular flexibility index (Phi) is 2.24. The fraction of sp³-hybridized carbons (Fsp3) is 0. The molecule has 0 atom stereocenters. The Balaban J connectivity index is 2.57. The van der Waals surface area contributed by atoms with Gasteiger partial charge in [0.05, 0.1) is 20.6 Å². The molecule has 0 bridgehead atoms. The number of hydrogen-bond donors (Lipinski definition) is 2. The maximum absolute atomic E-state index is 10.0. The third kappa shape index (κ3) is 3.22. The van der Waals surface area contributed by atoms with Crippen molar-refractivity contribution < 1.29 is 30.6 Å². The first-order chi connectivity index (χ1) is 19.9. The zero-order valence-corrected chi connectivity index (χ0v) is 15.3. The van der Waals surface area contributed by atoms with E-state index in [1.165, 1.54) is 18.2 Å². The van der Waals surface area contributed by atoms with Gasteiger partial charge >= 0.3 is 7.12 Å². The lowest BCUT2D eigenvalue weighted by Gasteiger charge is -2.34. The van der Waals surface area contributed by atoms with E-state index < -0.39 is 121 Å². The van der Waals surface area contributed by atoms with Gasteiger partial charge in [-0.2, -0.15) is 0 Å². The number of rotatable bonds is 5. The topological polar surface area (TPSA) is 40.5 Å². The molecule has 0 aliphatic heterocycles. The molecular weight excluding hydrogens is 359 g/mol. The zero-order chi connectivity index (χ0) is 32.5. The SMILES string of the molecule is [2H]c1c([2H])c([2H])c([Si](c2cccc(B(O)O)c2)(c2c([2H])c([2H])c([2H])c([2H])c2[2H])c2c([2H])c([2H])c([2H])c([2H])c2[2H])c([2H])c1[2H]. The monoisotopic (exact) mass is 395 g/mol. The average molecular weight is 395 g/mol. The van der Waals surface area contributed by atoms with Gasteiger partial charge in [0, 0.05) is 0 Å². The van der Waals surface area contributed by atoms with Gasteiger partial charge in [-0.05, 0) is 26.2 Å². The average Bonchev–Trinajstić information content (AvgIpc) is 2.98. The summed E-state index contributed by atoms with van der Waals surface area (Å²) < 4.78 is 128. The van der Waals surface area contributed by atoms with Crippen LogP contribution in [0.15, 0.2) is 115 Å². The highest BCUT2D eigenvalue weighted by Crippen LogP contribution is 2.09. The van der Waals surface area contributed by atoms with Crippen molar-refractivity contribution in [2.45, 2.75) is 0 Å². The zero-order valence-electron chi connectivity index (χ0n) is 29.3. The Morgan fingerprint density at radius 3 is 1.43 bits per heavy atom. The van der Waals surface area contributed by atoms with E-state index in [0.29, 0.717) is 0 Å². The minimum absolute atomic E-state index is 0.200. The van der Waals surface area contributed by atoms with Crippen LogP contribution in [0.4, 0.5) is 0 Å². The van der Waals surface area contributed by atoms with Crippen LogP contribution < -0.4 is 26.2 Å². The van der Waals surface area contributed by atoms with Gasteiger partial charge in [-0.15, -0.1) is 0 Å². The summed E-state index contributed by atoms with van der Waals surface area (Å²) in [6.45, 7) is 0. The van der Waals surface area contributed by atoms with E-state index in [9.17, 15) is 10.0 Å². The van der Waals surface area contributed by atoms with Gasteiger partial charge < -0.3 is 10.0 Å². The van der Waals surface area contributed by atoms with Gasteiger partial charge in [-0.1, -0.05) is 115 Å². The summed E-state index contributed by atoms with van der Waals surface area (Å²) in [7, 11) is -7.35. The summed E-state index contributed by atoms with van der Waals surface area (Å²) >= 11 is 0. The van der Waals surface area contributed by atoms with Crippen molar-refractivity contribution in [3.05, 3.63) is 115 Å². The van der Waals surface area contributed by atoms with Crippen molar-refractivity contribution in [1.82, 2.24) is 0 Å². The van der Waals surface area contributed by atoms with Crippen molar-refractivity contribution >= 4 is 41.4 Å². The summed E-state index contributed by atoms with van der Waals surface area (Å²) in [5.41, 5.74) is -0.221. The van der Waals surface area contributed by atoms with Crippen LogP contribution in [0, 0.1) is 0 Å². The molecule has 0 radical (unpaired) electrons. The summed E-state index contributed by atoms with van der Waals surface area (Å²) in [5, 5.41) is 17.9. The molecule has 0 aliphatic rings. The van der Waals surface area contributed by atoms with Gasteiger partial charge in [0.2, 0.25) is 0 Å². The van der Waals surface area contributed by atoms with Gasteiger partial charge in [-0.3, -0.25) is 0 Å². The van der Waals surface area contributed by atoms with E-state index >= 15 is 0 Å². The van der Waals surface area contributed by atoms with E-state index in [2.05, 4.69) is 0 Å². The Labute approximate surface area is 188 Å². The largest absolute Gasteiger partial charge is 0.488 e. The lowest BCUT2D eigenvalue weighted by Crippen LogP contribution is -2.75. The van der Waals surface area contributed by atoms with Gasteiger partial charge in [0.15, 0.2) is 8.07 Å². The molecule has 2 N–H and O–H groups in total. The molecule has 0 aliphatic carbocycles. The molecule has 0 saturated heterocycles. The molecule has 0 saturated carbocycles. The molecule has 0 amide bonds. The minimum atomic E-state index is -5.22. The molecule has 4 aromatic carbocycles. The Bertz CT molecular complexity index is 1580. The van der Waals surface area contributed by atoms with Crippen LogP contribution in [0.3, 0.4) is 0 Å². The third-order valence-electron chi connectivity index (χ3n) is 4.24. The lowest BCUT2D eigenvalue weighted by molar-refractivity contribution is 0.426. The standard InChI is InChI=1S/C24H21BO2Si/c26-25(27)20-11-10-18-24(19-20)28(21-12-4-1-5-13-21,22-14-6-2-7-15-22)23-16-8-3-9-17-23/h1-19,26-27H/i1D,2D,3D,4D,5D,6D,7D,8D,9D,12D,13D,14D,15D,16D,17D. The predicted molar refractivity (Wildman–Crippen MR) is 120 cm³/mol. The quantitative estimate of drug-likeness (QED) is 0.387. The second-order valence-corrected chi connectivity index (χ2v) is 9.33. The van der Waals surface area contributed by atoms with E-state index in [4.69, 9.17) is 20.6 Å². The maximum atomic E-state index is 10.0. The molecule has 136 valence electrons. The minimum Gasteiger partial charge on any atom is -0.423 e. The predicted octanol–water partition coefficient (Wildman–Crippen LogP) is 0.744. The molecule has 4 aromatic rings. The van der Waals surface area contributed by atoms with Crippen LogP contribution in [0.2, 0.25) is 0 Å². The van der Waals surface area contributed by atoms with Gasteiger partial charge in [-0.25, -0.2) is 0 Å². The number of hydrogen-bond acceptors (Lipinski definition) is 2. The van der Waals surface area contributed by atoms with Crippen LogP contribution in [-0.2, 0) is 0 Å². The summed E-state index contributed by atoms with van der Waals surface area (Å²) in [4.78, 5) is 0. The maximum Gasteiger partial charge on any atom is 0.488 e. The highest BCUT2D eigenvalue weighted by molar-refractivity contribution is 7.20. The normalized spacial score (nSPS) is 18.7. The molecule has 2 nitrogen and oxygen atoms in total. The first kappa shape index (κ1) is 7.84. The Morgan fingerprint density at radius 1 is 0.607 bits per heavy atom. The van der Waals surface area contributed by atoms with Gasteiger partial charge in [0.25, 0.3) is 0 Å². The van der Waals surface area contributed by atoms with Crippen molar-refractivity contribution in [1.29, 1.82) is 0 Å². The van der Waals surface area contributed by atoms with Crippen LogP contribution in [-0.4, -0.2) is 25.2 Å². The first-order valence-corrected chi connectivity index (χ1v) is 10.1. The van der Waals surface area contributed by atoms with Gasteiger partial charge in [0.1, 0.15) is 0 Å². The molecule has 4 rings (SSSR count). The molecule has 0 heterocycles. The fourth-order valence-corrected chi connectivity index (χ4v) is 6.90. The summed E-state index contributed by atoms with van der Waals surface area (Å²) in [6, 6.07) is -8.29. The highest BCUT2D eigenvalue weighted by atomic mass is 28.3. The lowest BCUT2D eigenvalue weighted by atomic mass is 9.80. The third-order valence-corrected chi connectivity index (χ3v) is 8.42. The molecule has 0 fully saturated rings. The Hall–Kier alpha value is -2.92. The second-order valence-electron chi connectivity index (χ2n) is 5.75. The fourth-order valence-electron chi connectivity index (χ4n) is 3.05. The first-order valence-electron chi connectivity index (χ1n) is 15.6. The van der Waals surface area contributed by atoms with E-state index in [-0.39, 0.29) is 10.6 Å². The highest BCUT2D eigenvalue weighted by Gasteiger charge is 2.41. The van der Waals surface area contributed by atoms with E-state index in [1.807, 2.05) is 0 Å². The molecule has 0 aromatic heterocycles. The van der Waals surface area contributed by atoms with Crippen molar-refractivity contribution in [3.63, 3.8) is 0 Å². The van der Waals surface area contributed by atoms with Crippen LogP contribution in [0.5, 0.6) is 0 Å². The van der Waals surface area contributed by atoms with E-state index in [0.717, 1.165) is 6.07 Å². The molecular formula is C24H21BO2Si. The van der Waals surface area contributed by atoms with Crippen LogP contribution in [0.25, 0.3) is 0 Å². The Morgan fingerprint density at radius 2 is 1.04 bits per heavy atom. The summed E-state index contributed by atoms with van der Waals surface area (Å²) in [5.74, 6) is 0.